The number of para-hydroxylation sites is 1. The lowest BCUT2D eigenvalue weighted by molar-refractivity contribution is 0.194. The second kappa shape index (κ2) is 5.65. The number of ether oxygens (including phenoxy) is 2. The zero-order valence-electron chi connectivity index (χ0n) is 12.4. The first-order valence-electron chi connectivity index (χ1n) is 7.86. The average molecular weight is 275 g/mol. The van der Waals surface area contributed by atoms with E-state index < -0.39 is 0 Å². The Balaban J connectivity index is 1.95. The van der Waals surface area contributed by atoms with Gasteiger partial charge in [-0.2, -0.15) is 0 Å². The van der Waals surface area contributed by atoms with Crippen LogP contribution in [0.1, 0.15) is 56.9 Å². The molecule has 20 heavy (non-hydrogen) atoms. The summed E-state index contributed by atoms with van der Waals surface area (Å²) in [4.78, 5) is 0. The largest absolute Gasteiger partial charge is 0.493 e. The van der Waals surface area contributed by atoms with E-state index in [4.69, 9.17) is 15.2 Å². The normalized spacial score (nSPS) is 22.1. The van der Waals surface area contributed by atoms with Crippen LogP contribution in [0.25, 0.3) is 0 Å². The first-order chi connectivity index (χ1) is 9.73. The van der Waals surface area contributed by atoms with Gasteiger partial charge in [0, 0.05) is 11.1 Å². The van der Waals surface area contributed by atoms with Crippen LogP contribution in [0.15, 0.2) is 18.2 Å². The Bertz CT molecular complexity index is 460. The fraction of sp³-hybridized carbons (Fsp3) is 0.647. The standard InChI is InChI=1S/C17H25NO2/c1-19-15-10-6-9-14(17(18)11-4-5-12-17)16(15)20-13-7-2-3-8-13/h6,9-10,13H,2-5,7-8,11-12,18H2,1H3. The summed E-state index contributed by atoms with van der Waals surface area (Å²) in [6.45, 7) is 0. The minimum Gasteiger partial charge on any atom is -0.493 e. The van der Waals surface area contributed by atoms with Crippen molar-refractivity contribution < 1.29 is 9.47 Å². The van der Waals surface area contributed by atoms with Crippen LogP contribution in [-0.4, -0.2) is 13.2 Å². The van der Waals surface area contributed by atoms with Crippen molar-refractivity contribution in [2.24, 2.45) is 5.73 Å². The summed E-state index contributed by atoms with van der Waals surface area (Å²) >= 11 is 0. The summed E-state index contributed by atoms with van der Waals surface area (Å²) in [7, 11) is 1.71. The Labute approximate surface area is 121 Å². The highest BCUT2D eigenvalue weighted by atomic mass is 16.5. The Morgan fingerprint density at radius 1 is 1.10 bits per heavy atom. The third-order valence-corrected chi connectivity index (χ3v) is 4.82. The van der Waals surface area contributed by atoms with Crippen molar-refractivity contribution in [3.63, 3.8) is 0 Å². The summed E-state index contributed by atoms with van der Waals surface area (Å²) in [5.41, 5.74) is 7.55. The van der Waals surface area contributed by atoms with Gasteiger partial charge in [0.15, 0.2) is 11.5 Å². The molecular weight excluding hydrogens is 250 g/mol. The first-order valence-corrected chi connectivity index (χ1v) is 7.86. The highest BCUT2D eigenvalue weighted by molar-refractivity contribution is 5.50. The zero-order valence-corrected chi connectivity index (χ0v) is 12.4. The minimum atomic E-state index is -0.234. The van der Waals surface area contributed by atoms with Gasteiger partial charge in [-0.1, -0.05) is 25.0 Å². The van der Waals surface area contributed by atoms with E-state index in [2.05, 4.69) is 6.07 Å². The van der Waals surface area contributed by atoms with Gasteiger partial charge in [0.25, 0.3) is 0 Å². The summed E-state index contributed by atoms with van der Waals surface area (Å²) in [5.74, 6) is 1.72. The third kappa shape index (κ3) is 2.51. The van der Waals surface area contributed by atoms with Crippen molar-refractivity contribution in [3.8, 4) is 11.5 Å². The number of rotatable bonds is 4. The van der Waals surface area contributed by atoms with Crippen molar-refractivity contribution in [3.05, 3.63) is 23.8 Å². The molecule has 0 bridgehead atoms. The molecule has 0 atom stereocenters. The maximum atomic E-state index is 6.64. The minimum absolute atomic E-state index is 0.234. The Morgan fingerprint density at radius 2 is 1.80 bits per heavy atom. The highest BCUT2D eigenvalue weighted by Crippen LogP contribution is 2.45. The van der Waals surface area contributed by atoms with Crippen molar-refractivity contribution in [1.29, 1.82) is 0 Å². The Hall–Kier alpha value is -1.22. The molecule has 0 heterocycles. The van der Waals surface area contributed by atoms with Crippen LogP contribution in [0.2, 0.25) is 0 Å². The Kier molecular flexibility index (Phi) is 3.88. The lowest BCUT2D eigenvalue weighted by atomic mass is 9.88. The quantitative estimate of drug-likeness (QED) is 0.910. The lowest BCUT2D eigenvalue weighted by Crippen LogP contribution is -2.34. The van der Waals surface area contributed by atoms with E-state index >= 15 is 0 Å². The molecule has 3 nitrogen and oxygen atoms in total. The predicted molar refractivity (Wildman–Crippen MR) is 80.2 cm³/mol. The monoisotopic (exact) mass is 275 g/mol. The molecular formula is C17H25NO2. The molecule has 2 fully saturated rings. The molecule has 1 aromatic rings. The van der Waals surface area contributed by atoms with E-state index in [1.807, 2.05) is 12.1 Å². The molecule has 0 saturated heterocycles. The van der Waals surface area contributed by atoms with Gasteiger partial charge in [-0.3, -0.25) is 0 Å². The van der Waals surface area contributed by atoms with E-state index in [0.29, 0.717) is 6.10 Å². The summed E-state index contributed by atoms with van der Waals surface area (Å²) < 4.78 is 11.8. The van der Waals surface area contributed by atoms with Crippen LogP contribution in [0, 0.1) is 0 Å². The van der Waals surface area contributed by atoms with Crippen LogP contribution >= 0.6 is 0 Å². The van der Waals surface area contributed by atoms with Crippen LogP contribution in [0.5, 0.6) is 11.5 Å². The molecule has 0 unspecified atom stereocenters. The van der Waals surface area contributed by atoms with Gasteiger partial charge in [0.2, 0.25) is 0 Å². The third-order valence-electron chi connectivity index (χ3n) is 4.82. The maximum Gasteiger partial charge on any atom is 0.166 e. The SMILES string of the molecule is COc1cccc(C2(N)CCCC2)c1OC1CCCC1. The molecule has 0 radical (unpaired) electrons. The fourth-order valence-electron chi connectivity index (χ4n) is 3.64. The van der Waals surface area contributed by atoms with Crippen molar-refractivity contribution in [2.75, 3.05) is 7.11 Å². The molecule has 2 saturated carbocycles. The summed E-state index contributed by atoms with van der Waals surface area (Å²) in [6.07, 6.45) is 9.65. The summed E-state index contributed by atoms with van der Waals surface area (Å²) in [5, 5.41) is 0. The second-order valence-corrected chi connectivity index (χ2v) is 6.22. The van der Waals surface area contributed by atoms with E-state index in [0.717, 1.165) is 42.7 Å². The van der Waals surface area contributed by atoms with Gasteiger partial charge in [0.05, 0.1) is 13.2 Å². The van der Waals surface area contributed by atoms with E-state index in [-0.39, 0.29) is 5.54 Å². The van der Waals surface area contributed by atoms with E-state index in [9.17, 15) is 0 Å². The van der Waals surface area contributed by atoms with Crippen molar-refractivity contribution >= 4 is 0 Å². The molecule has 0 aromatic heterocycles. The maximum absolute atomic E-state index is 6.64. The topological polar surface area (TPSA) is 44.5 Å². The Morgan fingerprint density at radius 3 is 2.45 bits per heavy atom. The van der Waals surface area contributed by atoms with Gasteiger partial charge in [-0.05, 0) is 44.6 Å². The van der Waals surface area contributed by atoms with Crippen LogP contribution in [-0.2, 0) is 5.54 Å². The molecule has 110 valence electrons. The van der Waals surface area contributed by atoms with Gasteiger partial charge in [0.1, 0.15) is 0 Å². The predicted octanol–water partition coefficient (Wildman–Crippen LogP) is 3.74. The van der Waals surface area contributed by atoms with Gasteiger partial charge >= 0.3 is 0 Å². The lowest BCUT2D eigenvalue weighted by Gasteiger charge is -2.29. The zero-order chi connectivity index (χ0) is 14.0. The number of nitrogens with two attached hydrogens (primary N) is 1. The van der Waals surface area contributed by atoms with E-state index in [1.54, 1.807) is 7.11 Å². The van der Waals surface area contributed by atoms with Gasteiger partial charge < -0.3 is 15.2 Å². The van der Waals surface area contributed by atoms with Crippen LogP contribution in [0.3, 0.4) is 0 Å². The number of hydrogen-bond donors (Lipinski definition) is 1. The van der Waals surface area contributed by atoms with Gasteiger partial charge in [-0.15, -0.1) is 0 Å². The summed E-state index contributed by atoms with van der Waals surface area (Å²) in [6, 6.07) is 6.13. The molecule has 2 aliphatic carbocycles. The molecule has 2 N–H and O–H groups in total. The molecule has 0 aliphatic heterocycles. The molecule has 3 rings (SSSR count). The van der Waals surface area contributed by atoms with Gasteiger partial charge in [-0.25, -0.2) is 0 Å². The molecule has 0 spiro atoms. The number of methoxy groups -OCH3 is 1. The fourth-order valence-corrected chi connectivity index (χ4v) is 3.64. The molecule has 3 heteroatoms. The molecule has 0 amide bonds. The molecule has 1 aromatic carbocycles. The van der Waals surface area contributed by atoms with Crippen LogP contribution in [0.4, 0.5) is 0 Å². The number of hydrogen-bond acceptors (Lipinski definition) is 3. The first kappa shape index (κ1) is 13.7. The highest BCUT2D eigenvalue weighted by Gasteiger charge is 2.35. The second-order valence-electron chi connectivity index (χ2n) is 6.22. The average Bonchev–Trinajstić information content (AvgIpc) is 3.11. The van der Waals surface area contributed by atoms with Crippen molar-refractivity contribution in [1.82, 2.24) is 0 Å². The van der Waals surface area contributed by atoms with Crippen LogP contribution < -0.4 is 15.2 Å². The van der Waals surface area contributed by atoms with E-state index in [1.165, 1.54) is 25.7 Å². The smallest absolute Gasteiger partial charge is 0.166 e. The molecule has 2 aliphatic rings. The van der Waals surface area contributed by atoms with Crippen molar-refractivity contribution in [2.45, 2.75) is 63.0 Å². The number of benzene rings is 1.